The first-order valence-electron chi connectivity index (χ1n) is 19.1. The first-order valence-corrected chi connectivity index (χ1v) is 19.1. The number of aromatic nitrogens is 2. The number of ether oxygens (including phenoxy) is 1. The van der Waals surface area contributed by atoms with Gasteiger partial charge in [0.1, 0.15) is 23.5 Å². The number of methoxy groups -OCH3 is 1. The second-order valence-electron chi connectivity index (χ2n) is 14.5. The lowest BCUT2D eigenvalue weighted by Crippen LogP contribution is -2.55. The summed E-state index contributed by atoms with van der Waals surface area (Å²) in [6, 6.07) is 10.3. The van der Waals surface area contributed by atoms with Crippen molar-refractivity contribution in [2.24, 2.45) is 0 Å². The van der Waals surface area contributed by atoms with Crippen molar-refractivity contribution < 1.29 is 28.7 Å². The van der Waals surface area contributed by atoms with Crippen LogP contribution in [0.2, 0.25) is 0 Å². The van der Waals surface area contributed by atoms with E-state index < -0.39 is 11.9 Å². The highest BCUT2D eigenvalue weighted by atomic mass is 16.5. The molecule has 4 heterocycles. The van der Waals surface area contributed by atoms with Crippen molar-refractivity contribution in [3.8, 4) is 5.75 Å². The zero-order chi connectivity index (χ0) is 37.9. The molecular weight excluding hydrogens is 688 g/mol. The molecule has 0 spiro atoms. The van der Waals surface area contributed by atoms with Crippen LogP contribution in [0.1, 0.15) is 103 Å². The molecule has 3 aromatic rings. The molecule has 2 unspecified atom stereocenters. The number of nitrogens with one attached hydrogen (secondary N) is 3. The van der Waals surface area contributed by atoms with Crippen molar-refractivity contribution >= 4 is 52.7 Å². The number of amides is 5. The van der Waals surface area contributed by atoms with Crippen LogP contribution in [0.4, 0.5) is 23.1 Å². The molecule has 1 aliphatic carbocycles. The van der Waals surface area contributed by atoms with Gasteiger partial charge in [0, 0.05) is 43.7 Å². The summed E-state index contributed by atoms with van der Waals surface area (Å²) in [6.45, 7) is 2.91. The quantitative estimate of drug-likeness (QED) is 0.166. The molecule has 4 aliphatic rings. The summed E-state index contributed by atoms with van der Waals surface area (Å²) >= 11 is 0. The van der Waals surface area contributed by atoms with E-state index in [-0.39, 0.29) is 42.1 Å². The molecule has 1 saturated heterocycles. The molecule has 5 amide bonds. The Labute approximate surface area is 315 Å². The summed E-state index contributed by atoms with van der Waals surface area (Å²) < 4.78 is 5.66. The van der Waals surface area contributed by atoms with Gasteiger partial charge in [-0.15, -0.1) is 0 Å². The Hall–Kier alpha value is -5.53. The van der Waals surface area contributed by atoms with Gasteiger partial charge >= 0.3 is 0 Å². The normalized spacial score (nSPS) is 19.9. The van der Waals surface area contributed by atoms with Crippen molar-refractivity contribution in [3.63, 3.8) is 0 Å². The maximum atomic E-state index is 13.2. The summed E-state index contributed by atoms with van der Waals surface area (Å²) in [5.41, 5.74) is 4.43. The minimum absolute atomic E-state index is 0.0622. The molecule has 3 aliphatic heterocycles. The van der Waals surface area contributed by atoms with Crippen LogP contribution in [0, 0.1) is 0 Å². The molecule has 0 bridgehead atoms. The third-order valence-corrected chi connectivity index (χ3v) is 11.2. The highest BCUT2D eigenvalue weighted by Crippen LogP contribution is 2.40. The lowest BCUT2D eigenvalue weighted by atomic mass is 9.98. The van der Waals surface area contributed by atoms with Crippen molar-refractivity contribution in [2.45, 2.75) is 102 Å². The first kappa shape index (κ1) is 36.8. The Morgan fingerprint density at radius 3 is 2.61 bits per heavy atom. The number of hydrogen-bond donors (Lipinski definition) is 3. The van der Waals surface area contributed by atoms with E-state index in [1.54, 1.807) is 54.4 Å². The van der Waals surface area contributed by atoms with Crippen LogP contribution < -0.4 is 30.5 Å². The van der Waals surface area contributed by atoms with E-state index in [2.05, 4.69) is 25.8 Å². The maximum absolute atomic E-state index is 13.2. The van der Waals surface area contributed by atoms with Crippen LogP contribution in [0.15, 0.2) is 42.6 Å². The molecule has 7 rings (SSSR count). The summed E-state index contributed by atoms with van der Waals surface area (Å²) in [5.74, 6) is 0.581. The fourth-order valence-corrected chi connectivity index (χ4v) is 8.30. The molecule has 284 valence electrons. The number of unbranched alkanes of at least 4 members (excludes halogenated alkanes) is 2. The topological polar surface area (TPSA) is 166 Å². The first-order chi connectivity index (χ1) is 26.2. The van der Waals surface area contributed by atoms with Gasteiger partial charge in [0.15, 0.2) is 5.82 Å². The zero-order valence-electron chi connectivity index (χ0n) is 31.2. The standard InChI is InChI=1S/C40H48N8O6/c1-4-30-39(53)46(2)32-22-42-40(45-35(32)48(30)26-13-7-8-14-26)43-29-17-16-25(21-33(29)54-3)36(50)41-20-9-5-6-11-24-12-10-15-27-28(24)23-47(38(27)52)31-18-19-34(49)44-37(31)51/h10,12,15-17,21-22,26,30-31H,4-9,11,13-14,18-20,23H2,1-3H3,(H,41,50)(H,42,43,45)(H,44,49,51). The number of hydrogen-bond acceptors (Lipinski definition) is 10. The van der Waals surface area contributed by atoms with E-state index in [1.165, 1.54) is 0 Å². The Balaban J connectivity index is 0.922. The molecule has 14 nitrogen and oxygen atoms in total. The Morgan fingerprint density at radius 2 is 1.85 bits per heavy atom. The number of anilines is 4. The zero-order valence-corrected chi connectivity index (χ0v) is 31.2. The molecule has 54 heavy (non-hydrogen) atoms. The van der Waals surface area contributed by atoms with E-state index in [0.717, 1.165) is 68.3 Å². The average Bonchev–Trinajstić information content (AvgIpc) is 3.83. The number of carbonyl (C=O) groups excluding carboxylic acids is 5. The molecule has 2 aromatic carbocycles. The van der Waals surface area contributed by atoms with Crippen LogP contribution in [-0.2, 0) is 27.3 Å². The largest absolute Gasteiger partial charge is 0.495 e. The van der Waals surface area contributed by atoms with E-state index in [1.807, 2.05) is 19.1 Å². The number of fused-ring (bicyclic) bond motifs is 2. The van der Waals surface area contributed by atoms with Crippen molar-refractivity contribution in [1.82, 2.24) is 25.5 Å². The summed E-state index contributed by atoms with van der Waals surface area (Å²) in [5, 5.41) is 8.63. The minimum atomic E-state index is -0.632. The number of rotatable bonds is 13. The third kappa shape index (κ3) is 7.21. The summed E-state index contributed by atoms with van der Waals surface area (Å²) in [7, 11) is 3.33. The van der Waals surface area contributed by atoms with Gasteiger partial charge in [0.05, 0.1) is 19.0 Å². The number of carbonyl (C=O) groups is 5. The molecule has 2 atom stereocenters. The monoisotopic (exact) mass is 736 g/mol. The van der Waals surface area contributed by atoms with Crippen LogP contribution in [0.3, 0.4) is 0 Å². The van der Waals surface area contributed by atoms with Gasteiger partial charge in [-0.25, -0.2) is 4.98 Å². The van der Waals surface area contributed by atoms with Crippen molar-refractivity contribution in [1.29, 1.82) is 0 Å². The summed E-state index contributed by atoms with van der Waals surface area (Å²) in [4.78, 5) is 78.4. The third-order valence-electron chi connectivity index (χ3n) is 11.2. The van der Waals surface area contributed by atoms with E-state index in [0.29, 0.717) is 60.1 Å². The second-order valence-corrected chi connectivity index (χ2v) is 14.5. The predicted molar refractivity (Wildman–Crippen MR) is 203 cm³/mol. The number of piperidine rings is 1. The molecule has 1 saturated carbocycles. The van der Waals surface area contributed by atoms with Crippen LogP contribution in [0.25, 0.3) is 0 Å². The second kappa shape index (κ2) is 15.8. The number of imide groups is 1. The fourth-order valence-electron chi connectivity index (χ4n) is 8.30. The molecule has 1 aromatic heterocycles. The van der Waals surface area contributed by atoms with Gasteiger partial charge in [0.25, 0.3) is 11.8 Å². The highest BCUT2D eigenvalue weighted by Gasteiger charge is 2.42. The fraction of sp³-hybridized carbons (Fsp3) is 0.475. The number of aryl methyl sites for hydroxylation is 1. The average molecular weight is 737 g/mol. The van der Waals surface area contributed by atoms with E-state index in [9.17, 15) is 24.0 Å². The molecule has 2 fully saturated rings. The minimum Gasteiger partial charge on any atom is -0.495 e. The van der Waals surface area contributed by atoms with Gasteiger partial charge in [0.2, 0.25) is 23.7 Å². The van der Waals surface area contributed by atoms with Crippen molar-refractivity contribution in [3.05, 3.63) is 64.8 Å². The van der Waals surface area contributed by atoms with Gasteiger partial charge < -0.3 is 30.1 Å². The Bertz CT molecular complexity index is 1960. The highest BCUT2D eigenvalue weighted by molar-refractivity contribution is 6.06. The van der Waals surface area contributed by atoms with Crippen LogP contribution >= 0.6 is 0 Å². The van der Waals surface area contributed by atoms with E-state index in [4.69, 9.17) is 9.72 Å². The van der Waals surface area contributed by atoms with Gasteiger partial charge in [-0.1, -0.05) is 38.3 Å². The lowest BCUT2D eigenvalue weighted by Gasteiger charge is -2.43. The molecule has 3 N–H and O–H groups in total. The Kier molecular flexibility index (Phi) is 10.8. The van der Waals surface area contributed by atoms with Crippen LogP contribution in [0.5, 0.6) is 5.75 Å². The predicted octanol–water partition coefficient (Wildman–Crippen LogP) is 4.64. The molecule has 0 radical (unpaired) electrons. The number of nitrogens with zero attached hydrogens (tertiary/aromatic N) is 5. The molecular formula is C40H48N8O6. The SMILES string of the molecule is CCC1C(=O)N(C)c2cnc(Nc3ccc(C(=O)NCCCCCc4cccc5c4CN(C4CCC(=O)NC4=O)C5=O)cc3OC)nc2N1C1CCCC1. The summed E-state index contributed by atoms with van der Waals surface area (Å²) in [6.07, 6.45) is 10.6. The van der Waals surface area contributed by atoms with Crippen LogP contribution in [-0.4, -0.2) is 83.2 Å². The smallest absolute Gasteiger partial charge is 0.255 e. The van der Waals surface area contributed by atoms with Gasteiger partial charge in [-0.05, 0) is 80.3 Å². The maximum Gasteiger partial charge on any atom is 0.255 e. The number of likely N-dealkylation sites (N-methyl/N-ethyl adjacent to an activating group) is 1. The van der Waals surface area contributed by atoms with Gasteiger partial charge in [-0.2, -0.15) is 4.98 Å². The van der Waals surface area contributed by atoms with Gasteiger partial charge in [-0.3, -0.25) is 29.3 Å². The number of benzene rings is 2. The van der Waals surface area contributed by atoms with Crippen molar-refractivity contribution in [2.75, 3.05) is 35.8 Å². The Morgan fingerprint density at radius 1 is 1.04 bits per heavy atom. The van der Waals surface area contributed by atoms with E-state index >= 15 is 0 Å². The lowest BCUT2D eigenvalue weighted by molar-refractivity contribution is -0.137. The molecule has 14 heteroatoms.